The molecule has 2 N–H and O–H groups in total. The van der Waals surface area contributed by atoms with Crippen molar-refractivity contribution in [2.75, 3.05) is 0 Å². The Labute approximate surface area is 71.7 Å². The molecule has 0 aromatic carbocycles. The van der Waals surface area contributed by atoms with Gasteiger partial charge < -0.3 is 14.5 Å². The van der Waals surface area contributed by atoms with Gasteiger partial charge in [0.1, 0.15) is 22.5 Å². The second-order valence-electron chi connectivity index (χ2n) is 2.31. The van der Waals surface area contributed by atoms with E-state index in [-0.39, 0.29) is 5.69 Å². The normalized spacial score (nSPS) is 10.8. The van der Waals surface area contributed by atoms with E-state index < -0.39 is 5.97 Å². The molecule has 0 amide bonds. The summed E-state index contributed by atoms with van der Waals surface area (Å²) in [5.41, 5.74) is 1.05. The van der Waals surface area contributed by atoms with E-state index in [2.05, 4.69) is 4.98 Å². The third-order valence-electron chi connectivity index (χ3n) is 1.54. The fourth-order valence-electron chi connectivity index (χ4n) is 0.995. The van der Waals surface area contributed by atoms with Gasteiger partial charge in [0.25, 0.3) is 0 Å². The van der Waals surface area contributed by atoms with E-state index in [9.17, 15) is 4.79 Å². The minimum Gasteiger partial charge on any atom is -0.477 e. The Bertz CT molecular complexity index is 442. The molecule has 5 heteroatoms. The maximum Gasteiger partial charge on any atom is 0.352 e. The third kappa shape index (κ3) is 0.887. The van der Waals surface area contributed by atoms with Crippen LogP contribution in [0.5, 0.6) is 0 Å². The topological polar surface area (TPSA) is 66.2 Å². The summed E-state index contributed by atoms with van der Waals surface area (Å²) in [5.74, 6) is -1.03. The van der Waals surface area contributed by atoms with Crippen LogP contribution < -0.4 is 0 Å². The number of nitrogens with one attached hydrogen (secondary N) is 1. The molecule has 0 spiro atoms. The molecule has 2 heterocycles. The van der Waals surface area contributed by atoms with Crippen LogP contribution in [0.25, 0.3) is 11.1 Å². The fraction of sp³-hybridized carbons (Fsp3) is 0. The number of aromatic carboxylic acids is 1. The monoisotopic (exact) mass is 185 g/mol. The van der Waals surface area contributed by atoms with Gasteiger partial charge in [-0.3, -0.25) is 0 Å². The molecule has 0 saturated heterocycles. The Hall–Kier alpha value is -1.42. The molecule has 2 rings (SSSR count). The molecule has 0 saturated carbocycles. The molecule has 2 aromatic heterocycles. The van der Waals surface area contributed by atoms with Crippen molar-refractivity contribution < 1.29 is 14.3 Å². The lowest BCUT2D eigenvalue weighted by Gasteiger charge is -1.83. The summed E-state index contributed by atoms with van der Waals surface area (Å²) in [4.78, 5) is 13.1. The number of halogens is 1. The van der Waals surface area contributed by atoms with E-state index in [0.29, 0.717) is 16.1 Å². The molecule has 62 valence electrons. The number of carboxylic acid groups (broad SMARTS) is 1. The molecule has 0 atom stereocenters. The summed E-state index contributed by atoms with van der Waals surface area (Å²) in [6, 6.07) is 1.39. The van der Waals surface area contributed by atoms with E-state index >= 15 is 0 Å². The lowest BCUT2D eigenvalue weighted by Crippen LogP contribution is -1.94. The van der Waals surface area contributed by atoms with Gasteiger partial charge in [0.15, 0.2) is 5.58 Å². The maximum atomic E-state index is 10.5. The van der Waals surface area contributed by atoms with Crippen molar-refractivity contribution in [3.05, 3.63) is 23.0 Å². The van der Waals surface area contributed by atoms with Gasteiger partial charge in [-0.25, -0.2) is 4.79 Å². The molecular formula is C7H4ClNO3. The molecule has 0 bridgehead atoms. The maximum absolute atomic E-state index is 10.5. The Morgan fingerprint density at radius 2 is 2.42 bits per heavy atom. The van der Waals surface area contributed by atoms with E-state index in [4.69, 9.17) is 21.1 Å². The Morgan fingerprint density at radius 3 is 3.00 bits per heavy atom. The smallest absolute Gasteiger partial charge is 0.352 e. The number of rotatable bonds is 1. The predicted molar refractivity (Wildman–Crippen MR) is 42.5 cm³/mol. The van der Waals surface area contributed by atoms with Gasteiger partial charge in [0.05, 0.1) is 0 Å². The van der Waals surface area contributed by atoms with Gasteiger partial charge in [-0.1, -0.05) is 11.6 Å². The largest absolute Gasteiger partial charge is 0.477 e. The SMILES string of the molecule is O=C(O)c1cc2occ(Cl)c2[nH]1. The summed E-state index contributed by atoms with van der Waals surface area (Å²) >= 11 is 5.67. The van der Waals surface area contributed by atoms with E-state index in [1.165, 1.54) is 12.3 Å². The second kappa shape index (κ2) is 2.28. The first kappa shape index (κ1) is 7.24. The first-order valence-electron chi connectivity index (χ1n) is 3.17. The Kier molecular flexibility index (Phi) is 1.38. The van der Waals surface area contributed by atoms with E-state index in [1.54, 1.807) is 0 Å². The standard InChI is InChI=1S/C7H4ClNO3/c8-3-2-12-5-1-4(7(10)11)9-6(3)5/h1-2,9H,(H,10,11). The van der Waals surface area contributed by atoms with Crippen molar-refractivity contribution in [2.24, 2.45) is 0 Å². The molecule has 0 unspecified atom stereocenters. The zero-order valence-electron chi connectivity index (χ0n) is 5.80. The van der Waals surface area contributed by atoms with Crippen LogP contribution in [0.4, 0.5) is 0 Å². The molecule has 0 radical (unpaired) electrons. The Morgan fingerprint density at radius 1 is 1.67 bits per heavy atom. The van der Waals surface area contributed by atoms with Gasteiger partial charge in [0, 0.05) is 6.07 Å². The summed E-state index contributed by atoms with van der Waals surface area (Å²) in [7, 11) is 0. The van der Waals surface area contributed by atoms with Crippen molar-refractivity contribution >= 4 is 28.7 Å². The lowest BCUT2D eigenvalue weighted by molar-refractivity contribution is 0.0691. The fourth-order valence-corrected chi connectivity index (χ4v) is 1.18. The van der Waals surface area contributed by atoms with Gasteiger partial charge in [-0.15, -0.1) is 0 Å². The van der Waals surface area contributed by atoms with Crippen LogP contribution >= 0.6 is 11.6 Å². The van der Waals surface area contributed by atoms with Gasteiger partial charge >= 0.3 is 5.97 Å². The average molecular weight is 186 g/mol. The van der Waals surface area contributed by atoms with Crippen LogP contribution in [-0.4, -0.2) is 16.1 Å². The number of carboxylic acids is 1. The summed E-state index contributed by atoms with van der Waals surface area (Å²) in [5, 5.41) is 8.97. The number of fused-ring (bicyclic) bond motifs is 1. The van der Waals surface area contributed by atoms with Crippen molar-refractivity contribution in [1.29, 1.82) is 0 Å². The zero-order valence-corrected chi connectivity index (χ0v) is 6.55. The van der Waals surface area contributed by atoms with Crippen LogP contribution in [0, 0.1) is 0 Å². The van der Waals surface area contributed by atoms with Crippen molar-refractivity contribution in [2.45, 2.75) is 0 Å². The summed E-state index contributed by atoms with van der Waals surface area (Å²) in [6.45, 7) is 0. The van der Waals surface area contributed by atoms with Crippen LogP contribution in [0.2, 0.25) is 5.02 Å². The van der Waals surface area contributed by atoms with Crippen LogP contribution in [0.1, 0.15) is 10.5 Å². The molecule has 0 aliphatic heterocycles. The molecular weight excluding hydrogens is 182 g/mol. The molecule has 0 fully saturated rings. The minimum absolute atomic E-state index is 0.0752. The van der Waals surface area contributed by atoms with E-state index in [0.717, 1.165) is 0 Å². The van der Waals surface area contributed by atoms with Crippen molar-refractivity contribution in [3.8, 4) is 0 Å². The first-order valence-corrected chi connectivity index (χ1v) is 3.55. The Balaban J connectivity index is 2.70. The number of aromatic amines is 1. The van der Waals surface area contributed by atoms with E-state index in [1.807, 2.05) is 0 Å². The number of carbonyl (C=O) groups is 1. The average Bonchev–Trinajstić information content (AvgIpc) is 2.53. The molecule has 4 nitrogen and oxygen atoms in total. The van der Waals surface area contributed by atoms with Gasteiger partial charge in [-0.05, 0) is 0 Å². The molecule has 0 aliphatic carbocycles. The van der Waals surface area contributed by atoms with Crippen LogP contribution in [-0.2, 0) is 0 Å². The second-order valence-corrected chi connectivity index (χ2v) is 2.72. The molecule has 12 heavy (non-hydrogen) atoms. The molecule has 0 aliphatic rings. The number of hydrogen-bond acceptors (Lipinski definition) is 2. The van der Waals surface area contributed by atoms with Gasteiger partial charge in [-0.2, -0.15) is 0 Å². The lowest BCUT2D eigenvalue weighted by atomic mass is 10.4. The summed E-state index contributed by atoms with van der Waals surface area (Å²) in [6.07, 6.45) is 1.36. The number of hydrogen-bond donors (Lipinski definition) is 2. The van der Waals surface area contributed by atoms with Crippen molar-refractivity contribution in [3.63, 3.8) is 0 Å². The van der Waals surface area contributed by atoms with Crippen LogP contribution in [0.15, 0.2) is 16.7 Å². The highest BCUT2D eigenvalue weighted by Crippen LogP contribution is 2.25. The van der Waals surface area contributed by atoms with Crippen molar-refractivity contribution in [1.82, 2.24) is 4.98 Å². The zero-order chi connectivity index (χ0) is 8.72. The highest BCUT2D eigenvalue weighted by atomic mass is 35.5. The molecule has 2 aromatic rings. The summed E-state index contributed by atoms with van der Waals surface area (Å²) < 4.78 is 4.95. The number of H-pyrrole nitrogens is 1. The highest BCUT2D eigenvalue weighted by molar-refractivity contribution is 6.35. The van der Waals surface area contributed by atoms with Gasteiger partial charge in [0.2, 0.25) is 0 Å². The predicted octanol–water partition coefficient (Wildman–Crippen LogP) is 2.11. The third-order valence-corrected chi connectivity index (χ3v) is 1.82. The van der Waals surface area contributed by atoms with Crippen LogP contribution in [0.3, 0.4) is 0 Å². The first-order chi connectivity index (χ1) is 5.68. The number of furan rings is 1. The highest BCUT2D eigenvalue weighted by Gasteiger charge is 2.11. The minimum atomic E-state index is -1.03. The quantitative estimate of drug-likeness (QED) is 0.715. The number of aromatic nitrogens is 1.